The van der Waals surface area contributed by atoms with Crippen molar-refractivity contribution < 1.29 is 19.4 Å². The van der Waals surface area contributed by atoms with Crippen molar-refractivity contribution in [3.05, 3.63) is 63.8 Å². The minimum absolute atomic E-state index is 0.206. The Morgan fingerprint density at radius 3 is 2.70 bits per heavy atom. The molecule has 0 aromatic carbocycles. The van der Waals surface area contributed by atoms with Gasteiger partial charge in [0.25, 0.3) is 5.56 Å². The molecule has 0 amide bonds. The molecule has 1 aliphatic rings. The second kappa shape index (κ2) is 7.73. The van der Waals surface area contributed by atoms with Crippen molar-refractivity contribution in [2.45, 2.75) is 24.9 Å². The third-order valence-corrected chi connectivity index (χ3v) is 3.29. The summed E-state index contributed by atoms with van der Waals surface area (Å²) in [5, 5.41) is 18.4. The molecule has 0 unspecified atom stereocenters. The Bertz CT molecular complexity index is 733. The van der Waals surface area contributed by atoms with Crippen LogP contribution in [-0.2, 0) is 4.74 Å². The number of H-pyrrole nitrogens is 1. The Hall–Kier alpha value is -2.42. The van der Waals surface area contributed by atoms with Crippen molar-refractivity contribution in [1.29, 1.82) is 0 Å². The van der Waals surface area contributed by atoms with Crippen LogP contribution in [0.25, 0.3) is 6.08 Å². The van der Waals surface area contributed by atoms with E-state index in [0.29, 0.717) is 0 Å². The smallest absolute Gasteiger partial charge is 0.330 e. The maximum Gasteiger partial charge on any atom is 0.330 e. The molecular formula is C15H18N2O6. The minimum Gasteiger partial charge on any atom is -0.465 e. The molecule has 0 saturated carbocycles. The predicted molar refractivity (Wildman–Crippen MR) is 81.7 cm³/mol. The zero-order chi connectivity index (χ0) is 16.8. The maximum atomic E-state index is 11.4. The highest BCUT2D eigenvalue weighted by Gasteiger charge is 2.34. The molecule has 2 aromatic heterocycles. The molecule has 0 spiro atoms. The molecule has 3 heterocycles. The molecule has 1 saturated heterocycles. The van der Waals surface area contributed by atoms with Crippen LogP contribution in [0.3, 0.4) is 0 Å². The van der Waals surface area contributed by atoms with Crippen molar-refractivity contribution in [2.75, 3.05) is 6.61 Å². The average Bonchev–Trinajstić information content (AvgIpc) is 3.17. The molecule has 0 radical (unpaired) electrons. The standard InChI is InChI=1S/C9H12N2O5.C6H6O/c12-4-6-5(13)3-8(16-6)11-2-1-7(14)10-9(11)15;1-2-6-4-3-5-7-6/h1-2,5-6,8,12-13H,3-4H2,(H,10,14,15);2-5H,1H2/t5-,6+,8+;/m0./s1. The summed E-state index contributed by atoms with van der Waals surface area (Å²) in [5.41, 5.74) is -1.08. The average molecular weight is 322 g/mol. The molecule has 23 heavy (non-hydrogen) atoms. The highest BCUT2D eigenvalue weighted by molar-refractivity contribution is 5.38. The van der Waals surface area contributed by atoms with Crippen LogP contribution in [0, 0.1) is 0 Å². The lowest BCUT2D eigenvalue weighted by Crippen LogP contribution is -2.31. The Balaban J connectivity index is 0.000000229. The summed E-state index contributed by atoms with van der Waals surface area (Å²) in [4.78, 5) is 24.3. The second-order valence-electron chi connectivity index (χ2n) is 4.85. The number of nitrogens with one attached hydrogen (secondary N) is 1. The normalized spacial score (nSPS) is 23.1. The fraction of sp³-hybridized carbons (Fsp3) is 0.333. The lowest BCUT2D eigenvalue weighted by Gasteiger charge is -2.13. The molecule has 0 bridgehead atoms. The zero-order valence-electron chi connectivity index (χ0n) is 12.3. The first-order chi connectivity index (χ1) is 11.0. The van der Waals surface area contributed by atoms with Gasteiger partial charge in [0.1, 0.15) is 18.1 Å². The van der Waals surface area contributed by atoms with E-state index in [0.717, 1.165) is 5.76 Å². The van der Waals surface area contributed by atoms with Gasteiger partial charge in [0.2, 0.25) is 0 Å². The van der Waals surface area contributed by atoms with Gasteiger partial charge < -0.3 is 19.4 Å². The number of furan rings is 1. The third-order valence-electron chi connectivity index (χ3n) is 3.29. The predicted octanol–water partition coefficient (Wildman–Crippen LogP) is 0.0999. The Morgan fingerprint density at radius 2 is 2.22 bits per heavy atom. The van der Waals surface area contributed by atoms with E-state index in [1.807, 2.05) is 12.1 Å². The summed E-state index contributed by atoms with van der Waals surface area (Å²) in [7, 11) is 0. The zero-order valence-corrected chi connectivity index (χ0v) is 12.3. The fourth-order valence-electron chi connectivity index (χ4n) is 2.11. The first-order valence-electron chi connectivity index (χ1n) is 6.97. The molecule has 8 nitrogen and oxygen atoms in total. The topological polar surface area (TPSA) is 118 Å². The number of nitrogens with zero attached hydrogens (tertiary/aromatic N) is 1. The molecule has 0 aliphatic carbocycles. The summed E-state index contributed by atoms with van der Waals surface area (Å²) in [6.07, 6.45) is 2.64. The number of aromatic amines is 1. The van der Waals surface area contributed by atoms with Crippen molar-refractivity contribution >= 4 is 6.08 Å². The van der Waals surface area contributed by atoms with E-state index in [1.54, 1.807) is 12.3 Å². The van der Waals surface area contributed by atoms with Gasteiger partial charge in [-0.3, -0.25) is 14.3 Å². The summed E-state index contributed by atoms with van der Waals surface area (Å²) < 4.78 is 11.3. The van der Waals surface area contributed by atoms with Crippen molar-refractivity contribution in [3.8, 4) is 0 Å². The molecule has 3 rings (SSSR count). The van der Waals surface area contributed by atoms with Crippen molar-refractivity contribution in [1.82, 2.24) is 9.55 Å². The quantitative estimate of drug-likeness (QED) is 0.738. The summed E-state index contributed by atoms with van der Waals surface area (Å²) in [5.74, 6) is 0.819. The first kappa shape index (κ1) is 16.9. The van der Waals surface area contributed by atoms with Crippen LogP contribution >= 0.6 is 0 Å². The van der Waals surface area contributed by atoms with Gasteiger partial charge >= 0.3 is 5.69 Å². The van der Waals surface area contributed by atoms with Crippen LogP contribution in [0.5, 0.6) is 0 Å². The number of aliphatic hydroxyl groups excluding tert-OH is 2. The van der Waals surface area contributed by atoms with Gasteiger partial charge in [-0.05, 0) is 18.2 Å². The SMILES string of the molecule is C=Cc1ccco1.O=c1ccn([C@H]2C[C@H](O)[C@@H](CO)O2)c(=O)[nH]1. The molecule has 1 aliphatic heterocycles. The Morgan fingerprint density at radius 1 is 1.43 bits per heavy atom. The van der Waals surface area contributed by atoms with Gasteiger partial charge in [-0.15, -0.1) is 0 Å². The van der Waals surface area contributed by atoms with E-state index in [4.69, 9.17) is 14.3 Å². The number of aliphatic hydroxyl groups is 2. The van der Waals surface area contributed by atoms with E-state index in [2.05, 4.69) is 11.6 Å². The molecule has 3 atom stereocenters. The number of rotatable bonds is 3. The molecule has 124 valence electrons. The third kappa shape index (κ3) is 4.28. The highest BCUT2D eigenvalue weighted by atomic mass is 16.5. The largest absolute Gasteiger partial charge is 0.465 e. The Kier molecular flexibility index (Phi) is 5.69. The van der Waals surface area contributed by atoms with E-state index in [9.17, 15) is 14.7 Å². The minimum atomic E-state index is -0.811. The van der Waals surface area contributed by atoms with Gasteiger partial charge in [0.05, 0.1) is 19.0 Å². The first-order valence-corrected chi connectivity index (χ1v) is 6.97. The van der Waals surface area contributed by atoms with Gasteiger partial charge in [0.15, 0.2) is 0 Å². The number of hydrogen-bond acceptors (Lipinski definition) is 6. The van der Waals surface area contributed by atoms with Crippen LogP contribution in [0.2, 0.25) is 0 Å². The number of ether oxygens (including phenoxy) is 1. The van der Waals surface area contributed by atoms with E-state index >= 15 is 0 Å². The molecule has 8 heteroatoms. The summed E-state index contributed by atoms with van der Waals surface area (Å²) in [6.45, 7) is 3.20. The molecule has 3 N–H and O–H groups in total. The van der Waals surface area contributed by atoms with Crippen molar-refractivity contribution in [2.24, 2.45) is 0 Å². The van der Waals surface area contributed by atoms with Crippen molar-refractivity contribution in [3.63, 3.8) is 0 Å². The molecular weight excluding hydrogens is 304 g/mol. The van der Waals surface area contributed by atoms with Crippen LogP contribution < -0.4 is 11.2 Å². The number of aromatic nitrogens is 2. The summed E-state index contributed by atoms with van der Waals surface area (Å²) in [6, 6.07) is 4.88. The maximum absolute atomic E-state index is 11.4. The number of hydrogen-bond donors (Lipinski definition) is 3. The second-order valence-corrected chi connectivity index (χ2v) is 4.85. The van der Waals surface area contributed by atoms with E-state index in [-0.39, 0.29) is 13.0 Å². The van der Waals surface area contributed by atoms with Crippen LogP contribution in [-0.4, -0.2) is 38.6 Å². The van der Waals surface area contributed by atoms with Gasteiger partial charge in [-0.2, -0.15) is 0 Å². The van der Waals surface area contributed by atoms with Gasteiger partial charge in [-0.1, -0.05) is 6.58 Å². The fourth-order valence-corrected chi connectivity index (χ4v) is 2.11. The van der Waals surface area contributed by atoms with Crippen LogP contribution in [0.4, 0.5) is 0 Å². The van der Waals surface area contributed by atoms with E-state index in [1.165, 1.54) is 16.8 Å². The van der Waals surface area contributed by atoms with Gasteiger partial charge in [-0.25, -0.2) is 4.79 Å². The monoisotopic (exact) mass is 322 g/mol. The Labute approximate surface area is 131 Å². The molecule has 1 fully saturated rings. The van der Waals surface area contributed by atoms with Crippen LogP contribution in [0.1, 0.15) is 18.4 Å². The van der Waals surface area contributed by atoms with E-state index < -0.39 is 29.7 Å². The summed E-state index contributed by atoms with van der Waals surface area (Å²) >= 11 is 0. The highest BCUT2D eigenvalue weighted by Crippen LogP contribution is 2.26. The lowest BCUT2D eigenvalue weighted by atomic mass is 10.2. The molecule has 2 aromatic rings. The lowest BCUT2D eigenvalue weighted by molar-refractivity contribution is -0.0459. The van der Waals surface area contributed by atoms with Gasteiger partial charge in [0, 0.05) is 18.7 Å². The van der Waals surface area contributed by atoms with Crippen LogP contribution in [0.15, 0.2) is 51.2 Å².